The molecule has 0 radical (unpaired) electrons. The summed E-state index contributed by atoms with van der Waals surface area (Å²) in [5.74, 6) is 1.38. The Bertz CT molecular complexity index is 694. The number of benzene rings is 1. The van der Waals surface area contributed by atoms with Crippen molar-refractivity contribution in [2.75, 3.05) is 0 Å². The number of rotatable bonds is 4. The smallest absolute Gasteiger partial charge is 0.264 e. The molecule has 0 amide bonds. The van der Waals surface area contributed by atoms with E-state index in [0.29, 0.717) is 23.0 Å². The zero-order chi connectivity index (χ0) is 14.0. The van der Waals surface area contributed by atoms with Gasteiger partial charge in [-0.1, -0.05) is 5.16 Å². The lowest BCUT2D eigenvalue weighted by atomic mass is 10.2. The number of ether oxygens (including phenoxy) is 1. The summed E-state index contributed by atoms with van der Waals surface area (Å²) in [4.78, 5) is 4.06. The number of sulfonamides is 1. The Hall–Kier alpha value is -1.93. The van der Waals surface area contributed by atoms with Crippen LogP contribution in [-0.2, 0) is 16.6 Å². The standard InChI is InChI=1S/C11H13N3O4S/c1-7-5-9(3-4-10(7)19(12,15)16)17-6-11-13-8(2)14-18-11/h3-5H,6H2,1-2H3,(H2,12,15,16). The van der Waals surface area contributed by atoms with Gasteiger partial charge in [0.2, 0.25) is 10.0 Å². The van der Waals surface area contributed by atoms with Crippen LogP contribution in [0.15, 0.2) is 27.6 Å². The second-order valence-electron chi connectivity index (χ2n) is 4.00. The molecule has 0 saturated heterocycles. The van der Waals surface area contributed by atoms with Crippen LogP contribution in [0.5, 0.6) is 5.75 Å². The zero-order valence-corrected chi connectivity index (χ0v) is 11.3. The Morgan fingerprint density at radius 3 is 2.63 bits per heavy atom. The maximum atomic E-state index is 11.3. The second kappa shape index (κ2) is 4.98. The van der Waals surface area contributed by atoms with E-state index in [1.165, 1.54) is 12.1 Å². The van der Waals surface area contributed by atoms with Gasteiger partial charge in [0.15, 0.2) is 12.4 Å². The van der Waals surface area contributed by atoms with Gasteiger partial charge in [-0.2, -0.15) is 4.98 Å². The first-order chi connectivity index (χ1) is 8.86. The highest BCUT2D eigenvalue weighted by Crippen LogP contribution is 2.20. The molecule has 1 aromatic carbocycles. The molecule has 0 aliphatic carbocycles. The number of primary sulfonamides is 1. The Morgan fingerprint density at radius 2 is 2.11 bits per heavy atom. The normalized spacial score (nSPS) is 11.5. The molecule has 0 saturated carbocycles. The molecule has 102 valence electrons. The van der Waals surface area contributed by atoms with Crippen molar-refractivity contribution in [2.24, 2.45) is 5.14 Å². The van der Waals surface area contributed by atoms with E-state index >= 15 is 0 Å². The van der Waals surface area contributed by atoms with E-state index in [9.17, 15) is 8.42 Å². The van der Waals surface area contributed by atoms with Gasteiger partial charge in [0.25, 0.3) is 5.89 Å². The van der Waals surface area contributed by atoms with Crippen LogP contribution >= 0.6 is 0 Å². The lowest BCUT2D eigenvalue weighted by Gasteiger charge is -2.07. The summed E-state index contributed by atoms with van der Waals surface area (Å²) in [6, 6.07) is 4.51. The molecule has 2 rings (SSSR count). The van der Waals surface area contributed by atoms with Crippen LogP contribution < -0.4 is 9.88 Å². The molecular formula is C11H13N3O4S. The molecular weight excluding hydrogens is 270 g/mol. The lowest BCUT2D eigenvalue weighted by Crippen LogP contribution is -2.13. The largest absolute Gasteiger partial charge is 0.484 e. The minimum Gasteiger partial charge on any atom is -0.484 e. The third-order valence-corrected chi connectivity index (χ3v) is 3.46. The van der Waals surface area contributed by atoms with Crippen molar-refractivity contribution in [3.05, 3.63) is 35.5 Å². The molecule has 0 atom stereocenters. The first-order valence-electron chi connectivity index (χ1n) is 5.42. The second-order valence-corrected chi connectivity index (χ2v) is 5.53. The molecule has 0 bridgehead atoms. The molecule has 0 unspecified atom stereocenters. The van der Waals surface area contributed by atoms with Crippen LogP contribution in [0.25, 0.3) is 0 Å². The number of hydrogen-bond donors (Lipinski definition) is 1. The Balaban J connectivity index is 2.12. The van der Waals surface area contributed by atoms with Gasteiger partial charge in [0.1, 0.15) is 5.75 Å². The van der Waals surface area contributed by atoms with Crippen molar-refractivity contribution >= 4 is 10.0 Å². The van der Waals surface area contributed by atoms with E-state index in [1.807, 2.05) is 0 Å². The topological polar surface area (TPSA) is 108 Å². The minimum atomic E-state index is -3.71. The molecule has 0 aliphatic rings. The van der Waals surface area contributed by atoms with E-state index in [-0.39, 0.29) is 11.5 Å². The molecule has 0 spiro atoms. The van der Waals surface area contributed by atoms with E-state index < -0.39 is 10.0 Å². The third kappa shape index (κ3) is 3.30. The zero-order valence-electron chi connectivity index (χ0n) is 10.5. The molecule has 1 heterocycles. The van der Waals surface area contributed by atoms with Crippen LogP contribution in [0, 0.1) is 13.8 Å². The van der Waals surface area contributed by atoms with Gasteiger partial charge in [-0.05, 0) is 37.6 Å². The molecule has 2 N–H and O–H groups in total. The predicted octanol–water partition coefficient (Wildman–Crippen LogP) is 0.913. The molecule has 0 aliphatic heterocycles. The van der Waals surface area contributed by atoms with E-state index in [2.05, 4.69) is 10.1 Å². The van der Waals surface area contributed by atoms with Crippen molar-refractivity contribution in [3.63, 3.8) is 0 Å². The summed E-state index contributed by atoms with van der Waals surface area (Å²) >= 11 is 0. The lowest BCUT2D eigenvalue weighted by molar-refractivity contribution is 0.242. The average Bonchev–Trinajstić information content (AvgIpc) is 2.71. The number of nitrogens with two attached hydrogens (primary N) is 1. The van der Waals surface area contributed by atoms with Crippen LogP contribution in [0.1, 0.15) is 17.3 Å². The van der Waals surface area contributed by atoms with Gasteiger partial charge >= 0.3 is 0 Å². The average molecular weight is 283 g/mol. The summed E-state index contributed by atoms with van der Waals surface area (Å²) < 4.78 is 32.8. The van der Waals surface area contributed by atoms with Crippen LogP contribution in [-0.4, -0.2) is 18.6 Å². The minimum absolute atomic E-state index is 0.0773. The highest BCUT2D eigenvalue weighted by atomic mass is 32.2. The molecule has 1 aromatic heterocycles. The van der Waals surface area contributed by atoms with Crippen LogP contribution in [0.2, 0.25) is 0 Å². The van der Waals surface area contributed by atoms with Crippen molar-refractivity contribution in [1.82, 2.24) is 10.1 Å². The van der Waals surface area contributed by atoms with Gasteiger partial charge in [0, 0.05) is 0 Å². The van der Waals surface area contributed by atoms with E-state index in [4.69, 9.17) is 14.4 Å². The number of hydrogen-bond acceptors (Lipinski definition) is 6. The first-order valence-corrected chi connectivity index (χ1v) is 6.96. The summed E-state index contributed by atoms with van der Waals surface area (Å²) in [6.07, 6.45) is 0. The number of aromatic nitrogens is 2. The summed E-state index contributed by atoms with van der Waals surface area (Å²) in [5, 5.41) is 8.70. The summed E-state index contributed by atoms with van der Waals surface area (Å²) in [5.41, 5.74) is 0.515. The first kappa shape index (κ1) is 13.5. The SMILES string of the molecule is Cc1noc(COc2ccc(S(N)(=O)=O)c(C)c2)n1. The fourth-order valence-corrected chi connectivity index (χ4v) is 2.34. The molecule has 2 aromatic rings. The van der Waals surface area contributed by atoms with Crippen molar-refractivity contribution in [1.29, 1.82) is 0 Å². The van der Waals surface area contributed by atoms with Gasteiger partial charge in [0.05, 0.1) is 4.90 Å². The predicted molar refractivity (Wildman–Crippen MR) is 65.9 cm³/mol. The van der Waals surface area contributed by atoms with Gasteiger partial charge in [-0.3, -0.25) is 0 Å². The van der Waals surface area contributed by atoms with Crippen molar-refractivity contribution in [2.45, 2.75) is 25.3 Å². The van der Waals surface area contributed by atoms with Gasteiger partial charge in [-0.15, -0.1) is 0 Å². The number of nitrogens with zero attached hydrogens (tertiary/aromatic N) is 2. The van der Waals surface area contributed by atoms with Crippen LogP contribution in [0.4, 0.5) is 0 Å². The Labute approximate surface area is 110 Å². The van der Waals surface area contributed by atoms with E-state index in [0.717, 1.165) is 0 Å². The highest BCUT2D eigenvalue weighted by Gasteiger charge is 2.12. The molecule has 19 heavy (non-hydrogen) atoms. The number of aryl methyl sites for hydroxylation is 2. The van der Waals surface area contributed by atoms with Crippen molar-refractivity contribution in [3.8, 4) is 5.75 Å². The monoisotopic (exact) mass is 283 g/mol. The summed E-state index contributed by atoms with van der Waals surface area (Å²) in [7, 11) is -3.71. The van der Waals surface area contributed by atoms with E-state index in [1.54, 1.807) is 19.9 Å². The molecule has 8 heteroatoms. The Kier molecular flexibility index (Phi) is 3.54. The molecule has 0 fully saturated rings. The van der Waals surface area contributed by atoms with Gasteiger partial charge < -0.3 is 9.26 Å². The fraction of sp³-hybridized carbons (Fsp3) is 0.273. The highest BCUT2D eigenvalue weighted by molar-refractivity contribution is 7.89. The van der Waals surface area contributed by atoms with Crippen LogP contribution in [0.3, 0.4) is 0 Å². The van der Waals surface area contributed by atoms with Crippen molar-refractivity contribution < 1.29 is 17.7 Å². The Morgan fingerprint density at radius 1 is 1.37 bits per heavy atom. The summed E-state index contributed by atoms with van der Waals surface area (Å²) in [6.45, 7) is 3.47. The third-order valence-electron chi connectivity index (χ3n) is 2.38. The molecule has 7 nitrogen and oxygen atoms in total. The maximum absolute atomic E-state index is 11.3. The maximum Gasteiger partial charge on any atom is 0.264 e. The van der Waals surface area contributed by atoms with Gasteiger partial charge in [-0.25, -0.2) is 13.6 Å². The fourth-order valence-electron chi connectivity index (χ4n) is 1.57. The quantitative estimate of drug-likeness (QED) is 0.893.